The van der Waals surface area contributed by atoms with Crippen molar-refractivity contribution < 1.29 is 32.7 Å². The van der Waals surface area contributed by atoms with Crippen molar-refractivity contribution >= 4 is 35.2 Å². The largest absolute Gasteiger partial charge is 0.480 e. The van der Waals surface area contributed by atoms with Crippen molar-refractivity contribution in [2.45, 2.75) is 25.6 Å². The molecule has 0 radical (unpaired) electrons. The molecule has 0 aliphatic carbocycles. The molecular formula is C15H17F3N2O4S. The Labute approximate surface area is 146 Å². The average Bonchev–Trinajstić information content (AvgIpc) is 2.47. The number of halogens is 3. The highest BCUT2D eigenvalue weighted by Gasteiger charge is 2.36. The lowest BCUT2D eigenvalue weighted by Crippen LogP contribution is -2.44. The van der Waals surface area contributed by atoms with Crippen LogP contribution in [0.5, 0.6) is 0 Å². The molecule has 1 aromatic carbocycles. The summed E-state index contributed by atoms with van der Waals surface area (Å²) < 4.78 is 36.7. The number of carbonyl (C=O) groups excluding carboxylic acids is 2. The van der Waals surface area contributed by atoms with Crippen LogP contribution in [-0.4, -0.2) is 46.6 Å². The highest BCUT2D eigenvalue weighted by molar-refractivity contribution is 8.00. The van der Waals surface area contributed by atoms with Gasteiger partial charge < -0.3 is 15.7 Å². The van der Waals surface area contributed by atoms with E-state index >= 15 is 0 Å². The third kappa shape index (κ3) is 8.99. The maximum Gasteiger partial charge on any atom is 0.391 e. The SMILES string of the molecule is Cc1ccc(NC(=O)CSCC(=O)NC(CC(F)(F)F)C(=O)O)cc1. The topological polar surface area (TPSA) is 95.5 Å². The number of amides is 2. The van der Waals surface area contributed by atoms with Gasteiger partial charge in [0.1, 0.15) is 6.04 Å². The number of hydrogen-bond acceptors (Lipinski definition) is 4. The van der Waals surface area contributed by atoms with Crippen molar-refractivity contribution in [1.82, 2.24) is 5.32 Å². The molecule has 10 heteroatoms. The Balaban J connectivity index is 2.36. The second kappa shape index (κ2) is 9.30. The van der Waals surface area contributed by atoms with Crippen molar-refractivity contribution in [2.75, 3.05) is 16.8 Å². The van der Waals surface area contributed by atoms with Crippen molar-refractivity contribution in [1.29, 1.82) is 0 Å². The summed E-state index contributed by atoms with van der Waals surface area (Å²) in [4.78, 5) is 34.0. The van der Waals surface area contributed by atoms with E-state index in [1.807, 2.05) is 19.1 Å². The molecule has 0 aliphatic rings. The first-order chi connectivity index (χ1) is 11.6. The molecule has 0 spiro atoms. The number of aliphatic carboxylic acids is 1. The number of thioether (sulfide) groups is 1. The normalized spacial score (nSPS) is 12.3. The Morgan fingerprint density at radius 3 is 2.20 bits per heavy atom. The van der Waals surface area contributed by atoms with Gasteiger partial charge in [-0.25, -0.2) is 4.79 Å². The number of alkyl halides is 3. The van der Waals surface area contributed by atoms with Gasteiger partial charge in [-0.15, -0.1) is 11.8 Å². The third-order valence-corrected chi connectivity index (χ3v) is 3.80. The summed E-state index contributed by atoms with van der Waals surface area (Å²) in [5.74, 6) is -3.47. The lowest BCUT2D eigenvalue weighted by molar-refractivity contribution is -0.159. The minimum Gasteiger partial charge on any atom is -0.480 e. The van der Waals surface area contributed by atoms with Crippen LogP contribution in [0.15, 0.2) is 24.3 Å². The fourth-order valence-electron chi connectivity index (χ4n) is 1.74. The monoisotopic (exact) mass is 378 g/mol. The molecule has 3 N–H and O–H groups in total. The average molecular weight is 378 g/mol. The van der Waals surface area contributed by atoms with E-state index in [9.17, 15) is 27.6 Å². The van der Waals surface area contributed by atoms with Crippen molar-refractivity contribution in [3.05, 3.63) is 29.8 Å². The highest BCUT2D eigenvalue weighted by Crippen LogP contribution is 2.21. The number of carboxylic acids is 1. The van der Waals surface area contributed by atoms with E-state index in [1.54, 1.807) is 17.4 Å². The minimum atomic E-state index is -4.71. The molecule has 1 unspecified atom stereocenters. The van der Waals surface area contributed by atoms with Crippen LogP contribution in [0.25, 0.3) is 0 Å². The number of aryl methyl sites for hydroxylation is 1. The first kappa shape index (κ1) is 20.8. The molecule has 0 heterocycles. The Morgan fingerprint density at radius 2 is 1.68 bits per heavy atom. The van der Waals surface area contributed by atoms with E-state index in [0.717, 1.165) is 17.3 Å². The van der Waals surface area contributed by atoms with Gasteiger partial charge in [-0.1, -0.05) is 17.7 Å². The number of rotatable bonds is 8. The molecular weight excluding hydrogens is 361 g/mol. The first-order valence-corrected chi connectivity index (χ1v) is 8.25. The van der Waals surface area contributed by atoms with Crippen LogP contribution in [-0.2, 0) is 14.4 Å². The fourth-order valence-corrected chi connectivity index (χ4v) is 2.37. The molecule has 0 aromatic heterocycles. The summed E-state index contributed by atoms with van der Waals surface area (Å²) in [5.41, 5.74) is 1.60. The first-order valence-electron chi connectivity index (χ1n) is 7.10. The van der Waals surface area contributed by atoms with Gasteiger partial charge in [-0.2, -0.15) is 13.2 Å². The summed E-state index contributed by atoms with van der Waals surface area (Å²) in [6, 6.07) is 4.99. The lowest BCUT2D eigenvalue weighted by atomic mass is 10.2. The van der Waals surface area contributed by atoms with Crippen LogP contribution in [0.1, 0.15) is 12.0 Å². The summed E-state index contributed by atoms with van der Waals surface area (Å²) in [6.45, 7) is 1.89. The van der Waals surface area contributed by atoms with Crippen molar-refractivity contribution in [2.24, 2.45) is 0 Å². The highest BCUT2D eigenvalue weighted by atomic mass is 32.2. The van der Waals surface area contributed by atoms with Gasteiger partial charge in [-0.05, 0) is 19.1 Å². The van der Waals surface area contributed by atoms with Gasteiger partial charge in [-0.3, -0.25) is 9.59 Å². The van der Waals surface area contributed by atoms with Gasteiger partial charge >= 0.3 is 12.1 Å². The summed E-state index contributed by atoms with van der Waals surface area (Å²) in [6.07, 6.45) is -6.37. The third-order valence-electron chi connectivity index (χ3n) is 2.87. The van der Waals surface area contributed by atoms with E-state index in [-0.39, 0.29) is 17.4 Å². The number of hydrogen-bond donors (Lipinski definition) is 3. The Kier molecular flexibility index (Phi) is 7.75. The molecule has 0 aliphatic heterocycles. The van der Waals surface area contributed by atoms with Gasteiger partial charge in [0.05, 0.1) is 17.9 Å². The molecule has 25 heavy (non-hydrogen) atoms. The molecule has 1 rings (SSSR count). The van der Waals surface area contributed by atoms with E-state index in [4.69, 9.17) is 5.11 Å². The van der Waals surface area contributed by atoms with Crippen LogP contribution in [0, 0.1) is 6.92 Å². The second-order valence-corrected chi connectivity index (χ2v) is 6.17. The van der Waals surface area contributed by atoms with Crippen molar-refractivity contribution in [3.63, 3.8) is 0 Å². The Bertz CT molecular complexity index is 620. The van der Waals surface area contributed by atoms with Gasteiger partial charge in [0, 0.05) is 5.69 Å². The molecule has 0 saturated carbocycles. The zero-order valence-corrected chi connectivity index (χ0v) is 14.0. The van der Waals surface area contributed by atoms with Crippen LogP contribution in [0.4, 0.5) is 18.9 Å². The molecule has 0 saturated heterocycles. The summed E-state index contributed by atoms with van der Waals surface area (Å²) >= 11 is 0.865. The Hall–Kier alpha value is -2.23. The molecule has 6 nitrogen and oxygen atoms in total. The van der Waals surface area contributed by atoms with E-state index < -0.39 is 30.5 Å². The quantitative estimate of drug-likeness (QED) is 0.645. The van der Waals surface area contributed by atoms with E-state index in [0.29, 0.717) is 5.69 Å². The summed E-state index contributed by atoms with van der Waals surface area (Å²) in [5, 5.41) is 13.1. The molecule has 1 atom stereocenters. The predicted octanol–water partition coefficient (Wildman–Crippen LogP) is 2.19. The van der Waals surface area contributed by atoms with Gasteiger partial charge in [0.25, 0.3) is 0 Å². The molecule has 138 valence electrons. The molecule has 0 fully saturated rings. The van der Waals surface area contributed by atoms with Crippen LogP contribution < -0.4 is 10.6 Å². The number of carboxylic acid groups (broad SMARTS) is 1. The number of anilines is 1. The van der Waals surface area contributed by atoms with E-state index in [1.165, 1.54) is 0 Å². The van der Waals surface area contributed by atoms with Crippen LogP contribution in [0.2, 0.25) is 0 Å². The lowest BCUT2D eigenvalue weighted by Gasteiger charge is -2.16. The van der Waals surface area contributed by atoms with Crippen LogP contribution in [0.3, 0.4) is 0 Å². The van der Waals surface area contributed by atoms with E-state index in [2.05, 4.69) is 5.32 Å². The second-order valence-electron chi connectivity index (χ2n) is 5.18. The molecule has 2 amide bonds. The zero-order chi connectivity index (χ0) is 19.0. The smallest absolute Gasteiger partial charge is 0.391 e. The molecule has 1 aromatic rings. The van der Waals surface area contributed by atoms with Crippen LogP contribution >= 0.6 is 11.8 Å². The maximum atomic E-state index is 12.2. The standard InChI is InChI=1S/C15H17F3N2O4S/c1-9-2-4-10(5-3-9)19-12(21)7-25-8-13(22)20-11(14(23)24)6-15(16,17)18/h2-5,11H,6-8H2,1H3,(H,19,21)(H,20,22)(H,23,24). The fraction of sp³-hybridized carbons (Fsp3) is 0.400. The van der Waals surface area contributed by atoms with Gasteiger partial charge in [0.15, 0.2) is 0 Å². The number of nitrogens with one attached hydrogen (secondary N) is 2. The minimum absolute atomic E-state index is 0.0989. The number of benzene rings is 1. The summed E-state index contributed by atoms with van der Waals surface area (Å²) in [7, 11) is 0. The zero-order valence-electron chi connectivity index (χ0n) is 13.2. The predicted molar refractivity (Wildman–Crippen MR) is 87.4 cm³/mol. The van der Waals surface area contributed by atoms with Gasteiger partial charge in [0.2, 0.25) is 11.8 Å². The maximum absolute atomic E-state index is 12.2. The van der Waals surface area contributed by atoms with Crippen molar-refractivity contribution in [3.8, 4) is 0 Å². The molecule has 0 bridgehead atoms. The Morgan fingerprint density at radius 1 is 1.12 bits per heavy atom. The number of carbonyl (C=O) groups is 3.